The molecule has 1 aromatic carbocycles. The molecule has 3 rings (SSSR count). The summed E-state index contributed by atoms with van der Waals surface area (Å²) in [6, 6.07) is 11.0. The van der Waals surface area contributed by atoms with Crippen LogP contribution in [0.25, 0.3) is 0 Å². The average Bonchev–Trinajstić information content (AvgIpc) is 2.63. The predicted octanol–water partition coefficient (Wildman–Crippen LogP) is 3.25. The van der Waals surface area contributed by atoms with Crippen molar-refractivity contribution < 1.29 is 14.6 Å². The molecule has 24 heavy (non-hydrogen) atoms. The Labute approximate surface area is 141 Å². The SMILES string of the molecule is O=C(c1ccc(Oc2cccnc2)cc1)N1CCCCC1CCO. The first-order valence-corrected chi connectivity index (χ1v) is 8.37. The lowest BCUT2D eigenvalue weighted by molar-refractivity contribution is 0.0574. The molecule has 5 heteroatoms. The van der Waals surface area contributed by atoms with Crippen molar-refractivity contribution in [2.45, 2.75) is 31.7 Å². The van der Waals surface area contributed by atoms with Crippen LogP contribution < -0.4 is 4.74 Å². The van der Waals surface area contributed by atoms with E-state index < -0.39 is 0 Å². The molecular formula is C19H22N2O3. The molecule has 0 aliphatic carbocycles. The molecule has 5 nitrogen and oxygen atoms in total. The second kappa shape index (κ2) is 7.93. The average molecular weight is 326 g/mol. The van der Waals surface area contributed by atoms with Crippen LogP contribution in [-0.4, -0.2) is 40.1 Å². The van der Waals surface area contributed by atoms with E-state index in [9.17, 15) is 9.90 Å². The summed E-state index contributed by atoms with van der Waals surface area (Å²) in [6.07, 6.45) is 7.09. The van der Waals surface area contributed by atoms with Gasteiger partial charge >= 0.3 is 0 Å². The van der Waals surface area contributed by atoms with Gasteiger partial charge in [-0.25, -0.2) is 0 Å². The fraction of sp³-hybridized carbons (Fsp3) is 0.368. The highest BCUT2D eigenvalue weighted by Gasteiger charge is 2.26. The number of nitrogens with zero attached hydrogens (tertiary/aromatic N) is 2. The summed E-state index contributed by atoms with van der Waals surface area (Å²) < 4.78 is 5.70. The van der Waals surface area contributed by atoms with E-state index in [4.69, 9.17) is 4.74 Å². The Morgan fingerprint density at radius 3 is 2.75 bits per heavy atom. The maximum Gasteiger partial charge on any atom is 0.254 e. The summed E-state index contributed by atoms with van der Waals surface area (Å²) >= 11 is 0. The lowest BCUT2D eigenvalue weighted by Gasteiger charge is -2.35. The van der Waals surface area contributed by atoms with Gasteiger partial charge < -0.3 is 14.7 Å². The van der Waals surface area contributed by atoms with Crippen molar-refractivity contribution in [2.75, 3.05) is 13.2 Å². The lowest BCUT2D eigenvalue weighted by atomic mass is 9.98. The van der Waals surface area contributed by atoms with Crippen molar-refractivity contribution in [1.29, 1.82) is 0 Å². The number of carbonyl (C=O) groups excluding carboxylic acids is 1. The van der Waals surface area contributed by atoms with E-state index in [1.807, 2.05) is 17.0 Å². The third kappa shape index (κ3) is 3.92. The van der Waals surface area contributed by atoms with Gasteiger partial charge in [-0.05, 0) is 62.1 Å². The zero-order valence-corrected chi connectivity index (χ0v) is 13.6. The van der Waals surface area contributed by atoms with E-state index in [0.717, 1.165) is 25.8 Å². The molecule has 0 saturated carbocycles. The number of ether oxygens (including phenoxy) is 1. The number of carbonyl (C=O) groups is 1. The third-order valence-electron chi connectivity index (χ3n) is 4.32. The normalized spacial score (nSPS) is 17.5. The van der Waals surface area contributed by atoms with E-state index >= 15 is 0 Å². The number of aromatic nitrogens is 1. The zero-order chi connectivity index (χ0) is 16.8. The molecule has 2 aromatic rings. The number of aliphatic hydroxyl groups is 1. The van der Waals surface area contributed by atoms with Crippen LogP contribution in [0.4, 0.5) is 0 Å². The van der Waals surface area contributed by atoms with E-state index in [2.05, 4.69) is 4.98 Å². The molecule has 0 bridgehead atoms. The fourth-order valence-corrected chi connectivity index (χ4v) is 3.09. The molecule has 1 atom stereocenters. The number of rotatable bonds is 5. The first kappa shape index (κ1) is 16.5. The summed E-state index contributed by atoms with van der Waals surface area (Å²) in [5, 5.41) is 9.21. The number of hydrogen-bond acceptors (Lipinski definition) is 4. The Balaban J connectivity index is 1.69. The lowest BCUT2D eigenvalue weighted by Crippen LogP contribution is -2.44. The highest BCUT2D eigenvalue weighted by molar-refractivity contribution is 5.94. The molecule has 1 N–H and O–H groups in total. The van der Waals surface area contributed by atoms with Crippen molar-refractivity contribution >= 4 is 5.91 Å². The summed E-state index contributed by atoms with van der Waals surface area (Å²) in [5.41, 5.74) is 0.651. The highest BCUT2D eigenvalue weighted by atomic mass is 16.5. The predicted molar refractivity (Wildman–Crippen MR) is 91.1 cm³/mol. The zero-order valence-electron chi connectivity index (χ0n) is 13.6. The third-order valence-corrected chi connectivity index (χ3v) is 4.32. The van der Waals surface area contributed by atoms with Crippen LogP contribution >= 0.6 is 0 Å². The summed E-state index contributed by atoms with van der Waals surface area (Å²) in [6.45, 7) is 0.879. The maximum atomic E-state index is 12.7. The number of amides is 1. The van der Waals surface area contributed by atoms with Crippen molar-refractivity contribution in [2.24, 2.45) is 0 Å². The molecule has 1 aromatic heterocycles. The van der Waals surface area contributed by atoms with Gasteiger partial charge in [-0.1, -0.05) is 0 Å². The molecule has 126 valence electrons. The van der Waals surface area contributed by atoms with Gasteiger partial charge in [0.15, 0.2) is 0 Å². The Hall–Kier alpha value is -2.40. The van der Waals surface area contributed by atoms with Crippen LogP contribution in [0.5, 0.6) is 11.5 Å². The maximum absolute atomic E-state index is 12.7. The highest BCUT2D eigenvalue weighted by Crippen LogP contribution is 2.24. The molecule has 1 unspecified atom stereocenters. The van der Waals surface area contributed by atoms with Gasteiger partial charge in [-0.15, -0.1) is 0 Å². The van der Waals surface area contributed by atoms with Crippen molar-refractivity contribution in [3.05, 3.63) is 54.4 Å². The van der Waals surface area contributed by atoms with Gasteiger partial charge in [0.25, 0.3) is 5.91 Å². The van der Waals surface area contributed by atoms with Gasteiger partial charge in [-0.3, -0.25) is 9.78 Å². The van der Waals surface area contributed by atoms with Gasteiger partial charge in [0.1, 0.15) is 11.5 Å². The minimum Gasteiger partial charge on any atom is -0.456 e. The van der Waals surface area contributed by atoms with Crippen LogP contribution in [0.3, 0.4) is 0 Å². The van der Waals surface area contributed by atoms with Crippen molar-refractivity contribution in [3.63, 3.8) is 0 Å². The van der Waals surface area contributed by atoms with Crippen LogP contribution in [0.2, 0.25) is 0 Å². The standard InChI is InChI=1S/C19H22N2O3/c22-13-10-16-4-1-2-12-21(16)19(23)15-6-8-17(9-7-15)24-18-5-3-11-20-14-18/h3,5-9,11,14,16,22H,1-2,4,10,12-13H2. The van der Waals surface area contributed by atoms with Gasteiger partial charge in [0.05, 0.1) is 6.20 Å². The fourth-order valence-electron chi connectivity index (χ4n) is 3.09. The van der Waals surface area contributed by atoms with Crippen LogP contribution in [0.15, 0.2) is 48.8 Å². The number of piperidine rings is 1. The van der Waals surface area contributed by atoms with Gasteiger partial charge in [-0.2, -0.15) is 0 Å². The minimum atomic E-state index is 0.0288. The topological polar surface area (TPSA) is 62.7 Å². The Morgan fingerprint density at radius 2 is 2.04 bits per heavy atom. The second-order valence-electron chi connectivity index (χ2n) is 5.98. The first-order valence-electron chi connectivity index (χ1n) is 8.37. The molecule has 0 spiro atoms. The molecule has 1 aliphatic heterocycles. The number of aliphatic hydroxyl groups excluding tert-OH is 1. The van der Waals surface area contributed by atoms with Gasteiger partial charge in [0, 0.05) is 31.0 Å². The van der Waals surface area contributed by atoms with E-state index in [0.29, 0.717) is 23.5 Å². The Bertz CT molecular complexity index is 656. The summed E-state index contributed by atoms with van der Waals surface area (Å²) in [4.78, 5) is 18.7. The molecule has 2 heterocycles. The molecule has 1 aliphatic rings. The summed E-state index contributed by atoms with van der Waals surface area (Å²) in [5.74, 6) is 1.36. The number of benzene rings is 1. The monoisotopic (exact) mass is 326 g/mol. The molecule has 0 radical (unpaired) electrons. The Kier molecular flexibility index (Phi) is 5.43. The van der Waals surface area contributed by atoms with Crippen LogP contribution in [0.1, 0.15) is 36.0 Å². The first-order chi connectivity index (χ1) is 11.8. The van der Waals surface area contributed by atoms with E-state index in [1.54, 1.807) is 36.7 Å². The number of likely N-dealkylation sites (tertiary alicyclic amines) is 1. The van der Waals surface area contributed by atoms with Crippen molar-refractivity contribution in [3.8, 4) is 11.5 Å². The molecule has 1 amide bonds. The van der Waals surface area contributed by atoms with Gasteiger partial charge in [0.2, 0.25) is 0 Å². The van der Waals surface area contributed by atoms with Crippen LogP contribution in [0, 0.1) is 0 Å². The largest absolute Gasteiger partial charge is 0.456 e. The van der Waals surface area contributed by atoms with E-state index in [1.165, 1.54) is 0 Å². The number of pyridine rings is 1. The number of hydrogen-bond donors (Lipinski definition) is 1. The smallest absolute Gasteiger partial charge is 0.254 e. The van der Waals surface area contributed by atoms with E-state index in [-0.39, 0.29) is 18.6 Å². The Morgan fingerprint density at radius 1 is 1.21 bits per heavy atom. The summed E-state index contributed by atoms with van der Waals surface area (Å²) in [7, 11) is 0. The molecule has 1 fully saturated rings. The quantitative estimate of drug-likeness (QED) is 0.916. The van der Waals surface area contributed by atoms with Crippen molar-refractivity contribution in [1.82, 2.24) is 9.88 Å². The molecule has 1 saturated heterocycles. The second-order valence-corrected chi connectivity index (χ2v) is 5.98. The minimum absolute atomic E-state index is 0.0288. The molecular weight excluding hydrogens is 304 g/mol. The van der Waals surface area contributed by atoms with Crippen LogP contribution in [-0.2, 0) is 0 Å².